The quantitative estimate of drug-likeness (QED) is 0.363. The van der Waals surface area contributed by atoms with Crippen LogP contribution in [0.5, 0.6) is 5.75 Å². The van der Waals surface area contributed by atoms with E-state index in [1.807, 2.05) is 48.2 Å². The molecule has 1 saturated heterocycles. The van der Waals surface area contributed by atoms with E-state index in [-0.39, 0.29) is 35.6 Å². The number of hydrogen-bond acceptors (Lipinski definition) is 5. The van der Waals surface area contributed by atoms with Crippen molar-refractivity contribution >= 4 is 40.6 Å². The molecule has 0 spiro atoms. The molecule has 2 aliphatic heterocycles. The molecule has 0 saturated carbocycles. The molecule has 3 aromatic carbocycles. The van der Waals surface area contributed by atoms with Gasteiger partial charge in [-0.1, -0.05) is 29.8 Å². The van der Waals surface area contributed by atoms with Crippen LogP contribution in [0, 0.1) is 5.92 Å². The Morgan fingerprint density at radius 3 is 2.24 bits per heavy atom. The largest absolute Gasteiger partial charge is 0.482 e. The standard InChI is InChI=1S/C33H36ClN3O4/c1-21-20-31(37(23(3)39)27-12-10-26(34)11-13-27)29-6-4-5-7-30(29)36(21)33(40)25-8-14-28(15-9-25)41-32(22(2)38)24-16-18-35-19-17-24/h4-15,21,24,31-32,35H,16-20H2,1-3H3. The molecule has 2 heterocycles. The molecule has 8 heteroatoms. The van der Waals surface area contributed by atoms with Crippen molar-refractivity contribution in [1.82, 2.24) is 5.32 Å². The van der Waals surface area contributed by atoms with Gasteiger partial charge in [0.2, 0.25) is 5.91 Å². The molecule has 5 rings (SSSR count). The van der Waals surface area contributed by atoms with Gasteiger partial charge in [-0.25, -0.2) is 0 Å². The minimum absolute atomic E-state index is 0.0172. The summed E-state index contributed by atoms with van der Waals surface area (Å²) in [7, 11) is 0. The van der Waals surface area contributed by atoms with Gasteiger partial charge in [-0.2, -0.15) is 0 Å². The first-order valence-corrected chi connectivity index (χ1v) is 14.6. The van der Waals surface area contributed by atoms with Crippen LogP contribution in [0.1, 0.15) is 62.0 Å². The van der Waals surface area contributed by atoms with Gasteiger partial charge in [0.05, 0.1) is 6.04 Å². The molecule has 2 amide bonds. The van der Waals surface area contributed by atoms with E-state index >= 15 is 0 Å². The van der Waals surface area contributed by atoms with Gasteiger partial charge >= 0.3 is 0 Å². The number of piperidine rings is 1. The summed E-state index contributed by atoms with van der Waals surface area (Å²) in [6.45, 7) is 6.91. The summed E-state index contributed by atoms with van der Waals surface area (Å²) in [5.74, 6) is 0.563. The van der Waals surface area contributed by atoms with Gasteiger partial charge in [0, 0.05) is 40.8 Å². The number of para-hydroxylation sites is 1. The average molecular weight is 574 g/mol. The summed E-state index contributed by atoms with van der Waals surface area (Å²) in [4.78, 5) is 42.8. The highest BCUT2D eigenvalue weighted by Crippen LogP contribution is 2.43. The SMILES string of the molecule is CC(=O)C(Oc1ccc(C(=O)N2c3ccccc3C(N(C(C)=O)c3ccc(Cl)cc3)CC2C)cc1)C1CCNCC1. The summed E-state index contributed by atoms with van der Waals surface area (Å²) in [6, 6.07) is 21.7. The van der Waals surface area contributed by atoms with Gasteiger partial charge in [0.25, 0.3) is 5.91 Å². The fourth-order valence-electron chi connectivity index (χ4n) is 6.14. The van der Waals surface area contributed by atoms with Crippen molar-refractivity contribution in [3.8, 4) is 5.75 Å². The lowest BCUT2D eigenvalue weighted by Crippen LogP contribution is -2.47. The van der Waals surface area contributed by atoms with Gasteiger partial charge in [-0.15, -0.1) is 0 Å². The Kier molecular flexibility index (Phi) is 8.76. The number of carbonyl (C=O) groups is 3. The van der Waals surface area contributed by atoms with E-state index in [0.717, 1.165) is 42.9 Å². The highest BCUT2D eigenvalue weighted by atomic mass is 35.5. The average Bonchev–Trinajstić information content (AvgIpc) is 2.97. The van der Waals surface area contributed by atoms with E-state index in [9.17, 15) is 14.4 Å². The molecular weight excluding hydrogens is 538 g/mol. The monoisotopic (exact) mass is 573 g/mol. The van der Waals surface area contributed by atoms with E-state index in [1.54, 1.807) is 55.1 Å². The Balaban J connectivity index is 1.39. The molecule has 0 bridgehead atoms. The second-order valence-electron chi connectivity index (χ2n) is 11.0. The molecule has 2 aliphatic rings. The lowest BCUT2D eigenvalue weighted by atomic mass is 9.89. The van der Waals surface area contributed by atoms with Gasteiger partial charge in [-0.3, -0.25) is 14.4 Å². The van der Waals surface area contributed by atoms with E-state index in [4.69, 9.17) is 16.3 Å². The van der Waals surface area contributed by atoms with Crippen molar-refractivity contribution in [2.24, 2.45) is 5.92 Å². The van der Waals surface area contributed by atoms with Crippen LogP contribution in [0.4, 0.5) is 11.4 Å². The molecule has 0 radical (unpaired) electrons. The predicted molar refractivity (Wildman–Crippen MR) is 162 cm³/mol. The second-order valence-corrected chi connectivity index (χ2v) is 11.4. The zero-order chi connectivity index (χ0) is 29.1. The third kappa shape index (κ3) is 6.16. The number of carbonyl (C=O) groups excluding carboxylic acids is 3. The highest BCUT2D eigenvalue weighted by molar-refractivity contribution is 6.30. The van der Waals surface area contributed by atoms with E-state index in [2.05, 4.69) is 5.32 Å². The molecule has 1 N–H and O–H groups in total. The molecule has 7 nitrogen and oxygen atoms in total. The van der Waals surface area contributed by atoms with Crippen molar-refractivity contribution in [2.45, 2.75) is 58.2 Å². The summed E-state index contributed by atoms with van der Waals surface area (Å²) >= 11 is 6.11. The third-order valence-corrected chi connectivity index (χ3v) is 8.36. The number of fused-ring (bicyclic) bond motifs is 1. The Morgan fingerprint density at radius 2 is 1.61 bits per heavy atom. The maximum atomic E-state index is 13.9. The minimum Gasteiger partial charge on any atom is -0.482 e. The highest BCUT2D eigenvalue weighted by Gasteiger charge is 2.38. The first kappa shape index (κ1) is 28.8. The van der Waals surface area contributed by atoms with Crippen LogP contribution in [0.3, 0.4) is 0 Å². The summed E-state index contributed by atoms with van der Waals surface area (Å²) in [5.41, 5.74) is 2.98. The topological polar surface area (TPSA) is 79.0 Å². The number of benzene rings is 3. The molecule has 3 atom stereocenters. The van der Waals surface area contributed by atoms with Crippen LogP contribution >= 0.6 is 11.6 Å². The van der Waals surface area contributed by atoms with Crippen molar-refractivity contribution in [3.05, 3.63) is 88.9 Å². The van der Waals surface area contributed by atoms with Crippen molar-refractivity contribution < 1.29 is 19.1 Å². The first-order chi connectivity index (χ1) is 19.7. The van der Waals surface area contributed by atoms with Gasteiger partial charge < -0.3 is 19.9 Å². The third-order valence-electron chi connectivity index (χ3n) is 8.11. The number of nitrogens with zero attached hydrogens (tertiary/aromatic N) is 2. The Labute approximate surface area is 246 Å². The molecule has 0 aromatic heterocycles. The molecule has 214 valence electrons. The molecular formula is C33H36ClN3O4. The number of hydrogen-bond donors (Lipinski definition) is 1. The zero-order valence-corrected chi connectivity index (χ0v) is 24.4. The fraction of sp³-hybridized carbons (Fsp3) is 0.364. The zero-order valence-electron chi connectivity index (χ0n) is 23.7. The molecule has 0 aliphatic carbocycles. The lowest BCUT2D eigenvalue weighted by Gasteiger charge is -2.43. The van der Waals surface area contributed by atoms with E-state index < -0.39 is 6.10 Å². The second kappa shape index (κ2) is 12.5. The van der Waals surface area contributed by atoms with Crippen molar-refractivity contribution in [3.63, 3.8) is 0 Å². The smallest absolute Gasteiger partial charge is 0.258 e. The lowest BCUT2D eigenvalue weighted by molar-refractivity contribution is -0.126. The number of ether oxygens (including phenoxy) is 1. The minimum atomic E-state index is -0.491. The Bertz CT molecular complexity index is 1400. The number of ketones is 1. The normalized spacial score (nSPS) is 19.7. The number of nitrogens with one attached hydrogen (secondary N) is 1. The van der Waals surface area contributed by atoms with Crippen LogP contribution < -0.4 is 19.9 Å². The Morgan fingerprint density at radius 1 is 0.951 bits per heavy atom. The van der Waals surface area contributed by atoms with Crippen LogP contribution in [0.2, 0.25) is 5.02 Å². The van der Waals surface area contributed by atoms with Crippen molar-refractivity contribution in [1.29, 1.82) is 0 Å². The first-order valence-electron chi connectivity index (χ1n) is 14.2. The fourth-order valence-corrected chi connectivity index (χ4v) is 6.26. The molecule has 3 aromatic rings. The molecule has 1 fully saturated rings. The van der Waals surface area contributed by atoms with Crippen LogP contribution in [0.25, 0.3) is 0 Å². The van der Waals surface area contributed by atoms with Gasteiger partial charge in [0.15, 0.2) is 11.9 Å². The number of anilines is 2. The maximum Gasteiger partial charge on any atom is 0.258 e. The molecule has 3 unspecified atom stereocenters. The van der Waals surface area contributed by atoms with E-state index in [1.165, 1.54) is 0 Å². The number of amides is 2. The predicted octanol–water partition coefficient (Wildman–Crippen LogP) is 6.21. The maximum absolute atomic E-state index is 13.9. The van der Waals surface area contributed by atoms with Crippen molar-refractivity contribution in [2.75, 3.05) is 22.9 Å². The van der Waals surface area contributed by atoms with Gasteiger partial charge in [-0.05, 0) is 106 Å². The van der Waals surface area contributed by atoms with Crippen LogP contribution in [0.15, 0.2) is 72.8 Å². The molecule has 41 heavy (non-hydrogen) atoms. The number of rotatable bonds is 7. The Hall–Kier alpha value is -3.68. The van der Waals surface area contributed by atoms with Gasteiger partial charge in [0.1, 0.15) is 5.75 Å². The number of Topliss-reactive ketones (excluding diaryl/α,β-unsaturated/α-hetero) is 1. The van der Waals surface area contributed by atoms with Crippen LogP contribution in [-0.4, -0.2) is 42.8 Å². The van der Waals surface area contributed by atoms with E-state index in [0.29, 0.717) is 22.8 Å². The van der Waals surface area contributed by atoms with Crippen LogP contribution in [-0.2, 0) is 9.59 Å². The summed E-state index contributed by atoms with van der Waals surface area (Å²) in [6.07, 6.45) is 1.87. The summed E-state index contributed by atoms with van der Waals surface area (Å²) in [5, 5.41) is 3.93. The summed E-state index contributed by atoms with van der Waals surface area (Å²) < 4.78 is 6.14. The number of halogens is 1.